The van der Waals surface area contributed by atoms with Gasteiger partial charge in [-0.3, -0.25) is 0 Å². The molecule has 1 fully saturated rings. The summed E-state index contributed by atoms with van der Waals surface area (Å²) in [6, 6.07) is 9.52. The van der Waals surface area contributed by atoms with Crippen molar-refractivity contribution < 1.29 is 4.39 Å². The Morgan fingerprint density at radius 1 is 1.20 bits per heavy atom. The van der Waals surface area contributed by atoms with Gasteiger partial charge in [-0.1, -0.05) is 31.0 Å². The summed E-state index contributed by atoms with van der Waals surface area (Å²) in [6.07, 6.45) is 1.30. The Morgan fingerprint density at radius 2 is 2.00 bits per heavy atom. The summed E-state index contributed by atoms with van der Waals surface area (Å²) in [5.41, 5.74) is 2.20. The lowest BCUT2D eigenvalue weighted by Crippen LogP contribution is -2.43. The highest BCUT2D eigenvalue weighted by atomic mass is 32.2. The maximum atomic E-state index is 14.4. The third kappa shape index (κ3) is 3.34. The highest BCUT2D eigenvalue weighted by molar-refractivity contribution is 7.96. The molecule has 3 aromatic rings. The molecule has 0 saturated carbocycles. The molecule has 130 valence electrons. The standard InChI is InChI=1S/C18H20FN5S/c1-2-25-24-9-7-23(8-10-24)17-11-13(14(19)12-20-17)18-21-15-5-3-4-6-16(15)22-18/h3-6,11-12H,2,7-10H2,1H3,(H,21,22). The van der Waals surface area contributed by atoms with Gasteiger partial charge in [-0.15, -0.1) is 0 Å². The van der Waals surface area contributed by atoms with E-state index in [9.17, 15) is 4.39 Å². The van der Waals surface area contributed by atoms with Crippen LogP contribution < -0.4 is 4.90 Å². The van der Waals surface area contributed by atoms with Gasteiger partial charge >= 0.3 is 0 Å². The first-order valence-corrected chi connectivity index (χ1v) is 9.42. The van der Waals surface area contributed by atoms with E-state index in [0.29, 0.717) is 11.4 Å². The molecule has 0 bridgehead atoms. The molecule has 7 heteroatoms. The van der Waals surface area contributed by atoms with E-state index in [2.05, 4.69) is 31.1 Å². The molecule has 0 aliphatic carbocycles. The fourth-order valence-corrected chi connectivity index (χ4v) is 3.88. The highest BCUT2D eigenvalue weighted by Gasteiger charge is 2.20. The second kappa shape index (κ2) is 7.01. The van der Waals surface area contributed by atoms with Crippen LogP contribution in [0.2, 0.25) is 0 Å². The Hall–Kier alpha value is -2.12. The lowest BCUT2D eigenvalue weighted by molar-refractivity contribution is 0.428. The van der Waals surface area contributed by atoms with Crippen LogP contribution in [0, 0.1) is 5.82 Å². The molecule has 0 amide bonds. The van der Waals surface area contributed by atoms with Gasteiger partial charge in [-0.2, -0.15) is 0 Å². The number of rotatable bonds is 4. The minimum absolute atomic E-state index is 0.358. The summed E-state index contributed by atoms with van der Waals surface area (Å²) in [5.74, 6) is 2.08. The zero-order valence-electron chi connectivity index (χ0n) is 14.1. The van der Waals surface area contributed by atoms with E-state index < -0.39 is 0 Å². The van der Waals surface area contributed by atoms with Gasteiger partial charge in [0.1, 0.15) is 11.6 Å². The van der Waals surface area contributed by atoms with Crippen LogP contribution in [0.5, 0.6) is 0 Å². The van der Waals surface area contributed by atoms with Crippen molar-refractivity contribution >= 4 is 28.8 Å². The average molecular weight is 357 g/mol. The number of benzene rings is 1. The highest BCUT2D eigenvalue weighted by Crippen LogP contribution is 2.27. The molecule has 1 aliphatic heterocycles. The van der Waals surface area contributed by atoms with Gasteiger partial charge in [0.15, 0.2) is 5.82 Å². The molecular weight excluding hydrogens is 337 g/mol. The number of hydrogen-bond donors (Lipinski definition) is 1. The van der Waals surface area contributed by atoms with Crippen molar-refractivity contribution in [3.8, 4) is 11.4 Å². The Balaban J connectivity index is 1.61. The maximum Gasteiger partial charge on any atom is 0.152 e. The molecule has 0 atom stereocenters. The maximum absolute atomic E-state index is 14.4. The molecule has 1 aromatic carbocycles. The lowest BCUT2D eigenvalue weighted by Gasteiger charge is -2.34. The topological polar surface area (TPSA) is 48.0 Å². The molecule has 2 aromatic heterocycles. The van der Waals surface area contributed by atoms with Gasteiger partial charge in [0.05, 0.1) is 22.8 Å². The van der Waals surface area contributed by atoms with Gasteiger partial charge in [0.2, 0.25) is 0 Å². The van der Waals surface area contributed by atoms with Gasteiger partial charge in [-0.25, -0.2) is 18.7 Å². The number of aromatic nitrogens is 3. The van der Waals surface area contributed by atoms with Gasteiger partial charge in [0.25, 0.3) is 0 Å². The molecule has 4 rings (SSSR count). The van der Waals surface area contributed by atoms with Crippen LogP contribution in [0.1, 0.15) is 6.92 Å². The molecular formula is C18H20FN5S. The fourth-order valence-electron chi connectivity index (χ4n) is 3.09. The van der Waals surface area contributed by atoms with E-state index in [0.717, 1.165) is 48.8 Å². The summed E-state index contributed by atoms with van der Waals surface area (Å²) in [5, 5.41) is 0. The van der Waals surface area contributed by atoms with Gasteiger partial charge in [0, 0.05) is 31.9 Å². The number of aromatic amines is 1. The Labute approximate surface area is 150 Å². The predicted octanol–water partition coefficient (Wildman–Crippen LogP) is 3.55. The van der Waals surface area contributed by atoms with Crippen molar-refractivity contribution in [2.75, 3.05) is 36.8 Å². The molecule has 1 N–H and O–H groups in total. The molecule has 1 saturated heterocycles. The second-order valence-electron chi connectivity index (χ2n) is 5.96. The molecule has 1 aliphatic rings. The zero-order valence-corrected chi connectivity index (χ0v) is 14.9. The van der Waals surface area contributed by atoms with Crippen molar-refractivity contribution in [3.63, 3.8) is 0 Å². The summed E-state index contributed by atoms with van der Waals surface area (Å²) >= 11 is 1.87. The number of imidazole rings is 1. The number of H-pyrrole nitrogens is 1. The largest absolute Gasteiger partial charge is 0.354 e. The molecule has 25 heavy (non-hydrogen) atoms. The molecule has 0 radical (unpaired) electrons. The van der Waals surface area contributed by atoms with Crippen LogP contribution >= 0.6 is 11.9 Å². The normalized spacial score (nSPS) is 15.8. The number of pyridine rings is 1. The van der Waals surface area contributed by atoms with E-state index in [-0.39, 0.29) is 5.82 Å². The molecule has 5 nitrogen and oxygen atoms in total. The van der Waals surface area contributed by atoms with Crippen molar-refractivity contribution in [1.29, 1.82) is 0 Å². The van der Waals surface area contributed by atoms with E-state index in [1.165, 1.54) is 6.20 Å². The van der Waals surface area contributed by atoms with Gasteiger partial charge in [-0.05, 0) is 18.2 Å². The molecule has 3 heterocycles. The van der Waals surface area contributed by atoms with Crippen molar-refractivity contribution in [2.45, 2.75) is 6.92 Å². The number of halogens is 1. The summed E-state index contributed by atoms with van der Waals surface area (Å²) in [6.45, 7) is 5.92. The van der Waals surface area contributed by atoms with Crippen LogP contribution in [-0.2, 0) is 0 Å². The first kappa shape index (κ1) is 16.4. The third-order valence-corrected chi connectivity index (χ3v) is 5.35. The second-order valence-corrected chi connectivity index (χ2v) is 7.31. The number of nitrogens with zero attached hydrogens (tertiary/aromatic N) is 4. The number of hydrogen-bond acceptors (Lipinski definition) is 5. The Kier molecular flexibility index (Phi) is 4.59. The van der Waals surface area contributed by atoms with E-state index >= 15 is 0 Å². The first-order valence-electron chi connectivity index (χ1n) is 8.48. The zero-order chi connectivity index (χ0) is 17.2. The smallest absolute Gasteiger partial charge is 0.152 e. The number of fused-ring (bicyclic) bond motifs is 1. The number of nitrogens with one attached hydrogen (secondary N) is 1. The number of piperazine rings is 1. The monoisotopic (exact) mass is 357 g/mol. The summed E-state index contributed by atoms with van der Waals surface area (Å²) in [7, 11) is 0. The van der Waals surface area contributed by atoms with Crippen LogP contribution in [0.15, 0.2) is 36.5 Å². The van der Waals surface area contributed by atoms with Crippen LogP contribution in [-0.4, -0.2) is 51.2 Å². The Bertz CT molecular complexity index is 840. The van der Waals surface area contributed by atoms with Crippen molar-refractivity contribution in [1.82, 2.24) is 19.3 Å². The average Bonchev–Trinajstić information content (AvgIpc) is 3.07. The first-order chi connectivity index (χ1) is 12.2. The SMILES string of the molecule is CCSN1CCN(c2cc(-c3nc4ccccc4[nH]3)c(F)cn2)CC1. The third-order valence-electron chi connectivity index (χ3n) is 4.36. The molecule has 0 spiro atoms. The molecule has 0 unspecified atom stereocenters. The van der Waals surface area contributed by atoms with Gasteiger partial charge < -0.3 is 9.88 Å². The lowest BCUT2D eigenvalue weighted by atomic mass is 10.2. The van der Waals surface area contributed by atoms with E-state index in [4.69, 9.17) is 0 Å². The van der Waals surface area contributed by atoms with Crippen LogP contribution in [0.3, 0.4) is 0 Å². The minimum atomic E-state index is -0.358. The van der Waals surface area contributed by atoms with E-state index in [1.54, 1.807) is 6.07 Å². The van der Waals surface area contributed by atoms with Crippen LogP contribution in [0.4, 0.5) is 10.2 Å². The van der Waals surface area contributed by atoms with Crippen LogP contribution in [0.25, 0.3) is 22.4 Å². The number of anilines is 1. The Morgan fingerprint density at radius 3 is 2.76 bits per heavy atom. The summed E-state index contributed by atoms with van der Waals surface area (Å²) < 4.78 is 16.7. The quantitative estimate of drug-likeness (QED) is 0.724. The summed E-state index contributed by atoms with van der Waals surface area (Å²) in [4.78, 5) is 14.2. The number of para-hydroxylation sites is 2. The predicted molar refractivity (Wildman–Crippen MR) is 101 cm³/mol. The van der Waals surface area contributed by atoms with Crippen molar-refractivity contribution in [3.05, 3.63) is 42.3 Å². The minimum Gasteiger partial charge on any atom is -0.354 e. The van der Waals surface area contributed by atoms with E-state index in [1.807, 2.05) is 36.2 Å². The fraction of sp³-hybridized carbons (Fsp3) is 0.333. The van der Waals surface area contributed by atoms with Crippen molar-refractivity contribution in [2.24, 2.45) is 0 Å².